The normalized spacial score (nSPS) is 18.0. The monoisotopic (exact) mass is 162 g/mol. The summed E-state index contributed by atoms with van der Waals surface area (Å²) in [7, 11) is 0. The van der Waals surface area contributed by atoms with Gasteiger partial charge in [0.05, 0.1) is 11.3 Å². The maximum atomic E-state index is 12.0. The SMILES string of the molecule is FCC(Cl)C(F)CCl. The zero-order valence-corrected chi connectivity index (χ0v) is 5.59. The highest BCUT2D eigenvalue weighted by Crippen LogP contribution is 2.08. The second-order valence-corrected chi connectivity index (χ2v) is 2.21. The van der Waals surface area contributed by atoms with E-state index in [0.717, 1.165) is 0 Å². The maximum Gasteiger partial charge on any atom is 0.132 e. The summed E-state index contributed by atoms with van der Waals surface area (Å²) in [4.78, 5) is 0. The van der Waals surface area contributed by atoms with Crippen LogP contribution < -0.4 is 0 Å². The summed E-state index contributed by atoms with van der Waals surface area (Å²) in [6.45, 7) is -0.866. The van der Waals surface area contributed by atoms with Crippen LogP contribution >= 0.6 is 23.2 Å². The molecular formula is C4H6Cl2F2. The Morgan fingerprint density at radius 1 is 1.50 bits per heavy atom. The summed E-state index contributed by atoms with van der Waals surface area (Å²) < 4.78 is 23.4. The van der Waals surface area contributed by atoms with Gasteiger partial charge in [0.15, 0.2) is 0 Å². The van der Waals surface area contributed by atoms with Crippen LogP contribution in [0.5, 0.6) is 0 Å². The third-order valence-corrected chi connectivity index (χ3v) is 1.37. The van der Waals surface area contributed by atoms with Crippen molar-refractivity contribution in [3.05, 3.63) is 0 Å². The van der Waals surface area contributed by atoms with Crippen molar-refractivity contribution in [2.24, 2.45) is 0 Å². The third kappa shape index (κ3) is 2.68. The highest BCUT2D eigenvalue weighted by molar-refractivity contribution is 6.23. The first-order valence-corrected chi connectivity index (χ1v) is 3.09. The van der Waals surface area contributed by atoms with Crippen molar-refractivity contribution in [3.8, 4) is 0 Å². The van der Waals surface area contributed by atoms with Crippen LogP contribution in [-0.4, -0.2) is 24.1 Å². The average molecular weight is 163 g/mol. The molecule has 8 heavy (non-hydrogen) atoms. The van der Waals surface area contributed by atoms with Crippen LogP contribution in [0.1, 0.15) is 0 Å². The minimum absolute atomic E-state index is 0.238. The summed E-state index contributed by atoms with van der Waals surface area (Å²) in [5.41, 5.74) is 0. The minimum Gasteiger partial charge on any atom is -0.249 e. The molecule has 0 amide bonds. The Kier molecular flexibility index (Phi) is 4.57. The molecule has 0 aromatic heterocycles. The maximum absolute atomic E-state index is 12.0. The van der Waals surface area contributed by atoms with Gasteiger partial charge in [-0.2, -0.15) is 0 Å². The van der Waals surface area contributed by atoms with E-state index >= 15 is 0 Å². The van der Waals surface area contributed by atoms with Gasteiger partial charge in [0, 0.05) is 0 Å². The molecule has 0 aromatic carbocycles. The molecule has 0 aromatic rings. The van der Waals surface area contributed by atoms with Gasteiger partial charge in [0.25, 0.3) is 0 Å². The number of hydrogen-bond acceptors (Lipinski definition) is 0. The van der Waals surface area contributed by atoms with Gasteiger partial charge in [-0.3, -0.25) is 0 Å². The number of hydrogen-bond donors (Lipinski definition) is 0. The number of halogens is 4. The van der Waals surface area contributed by atoms with Gasteiger partial charge in [0.2, 0.25) is 0 Å². The van der Waals surface area contributed by atoms with E-state index < -0.39 is 18.2 Å². The van der Waals surface area contributed by atoms with Gasteiger partial charge < -0.3 is 0 Å². The molecule has 0 rings (SSSR count). The molecule has 2 atom stereocenters. The molecule has 0 fully saturated rings. The van der Waals surface area contributed by atoms with Gasteiger partial charge in [-0.25, -0.2) is 8.78 Å². The molecule has 0 aliphatic rings. The van der Waals surface area contributed by atoms with E-state index in [0.29, 0.717) is 0 Å². The Morgan fingerprint density at radius 2 is 2.00 bits per heavy atom. The minimum atomic E-state index is -1.43. The molecule has 0 spiro atoms. The quantitative estimate of drug-likeness (QED) is 0.559. The zero-order valence-electron chi connectivity index (χ0n) is 4.08. The van der Waals surface area contributed by atoms with Gasteiger partial charge in [-0.15, -0.1) is 23.2 Å². The van der Waals surface area contributed by atoms with E-state index in [1.807, 2.05) is 0 Å². The molecule has 0 heterocycles. The van der Waals surface area contributed by atoms with Crippen LogP contribution in [0.15, 0.2) is 0 Å². The van der Waals surface area contributed by atoms with E-state index in [4.69, 9.17) is 23.2 Å². The van der Waals surface area contributed by atoms with Crippen molar-refractivity contribution >= 4 is 23.2 Å². The van der Waals surface area contributed by atoms with Crippen molar-refractivity contribution in [3.63, 3.8) is 0 Å². The number of alkyl halides is 4. The summed E-state index contributed by atoms with van der Waals surface area (Å²) >= 11 is 10.1. The van der Waals surface area contributed by atoms with Crippen molar-refractivity contribution in [1.82, 2.24) is 0 Å². The van der Waals surface area contributed by atoms with Gasteiger partial charge >= 0.3 is 0 Å². The summed E-state index contributed by atoms with van der Waals surface area (Å²) in [6, 6.07) is 0. The van der Waals surface area contributed by atoms with E-state index in [2.05, 4.69) is 0 Å². The molecule has 0 saturated heterocycles. The lowest BCUT2D eigenvalue weighted by Crippen LogP contribution is -2.19. The van der Waals surface area contributed by atoms with Gasteiger partial charge in [0.1, 0.15) is 12.8 Å². The predicted octanol–water partition coefficient (Wildman–Crippen LogP) is 2.14. The molecule has 0 bridgehead atoms. The summed E-state index contributed by atoms with van der Waals surface area (Å²) in [5, 5.41) is -1.08. The molecular weight excluding hydrogens is 157 g/mol. The lowest BCUT2D eigenvalue weighted by Gasteiger charge is -2.05. The third-order valence-electron chi connectivity index (χ3n) is 0.687. The molecule has 0 aliphatic carbocycles. The van der Waals surface area contributed by atoms with Crippen LogP contribution in [0.2, 0.25) is 0 Å². The molecule has 0 nitrogen and oxygen atoms in total. The molecule has 0 N–H and O–H groups in total. The Labute approximate surface area is 56.8 Å². The van der Waals surface area contributed by atoms with Crippen molar-refractivity contribution in [1.29, 1.82) is 0 Å². The fourth-order valence-electron chi connectivity index (χ4n) is 0.193. The highest BCUT2D eigenvalue weighted by atomic mass is 35.5. The van der Waals surface area contributed by atoms with Crippen molar-refractivity contribution in [2.45, 2.75) is 11.5 Å². The smallest absolute Gasteiger partial charge is 0.132 e. The van der Waals surface area contributed by atoms with Crippen LogP contribution in [0.4, 0.5) is 8.78 Å². The van der Waals surface area contributed by atoms with Crippen LogP contribution in [-0.2, 0) is 0 Å². The fourth-order valence-corrected chi connectivity index (χ4v) is 0.589. The standard InChI is InChI=1S/C4H6Cl2F2/c5-1-4(8)3(6)2-7/h3-4H,1-2H2. The number of rotatable bonds is 3. The van der Waals surface area contributed by atoms with Gasteiger partial charge in [-0.1, -0.05) is 0 Å². The second kappa shape index (κ2) is 4.33. The van der Waals surface area contributed by atoms with Crippen LogP contribution in [0, 0.1) is 0 Å². The van der Waals surface area contributed by atoms with E-state index in [9.17, 15) is 8.78 Å². The average Bonchev–Trinajstić information content (AvgIpc) is 1.84. The molecule has 0 saturated carbocycles. The Morgan fingerprint density at radius 3 is 2.12 bits per heavy atom. The topological polar surface area (TPSA) is 0 Å². The van der Waals surface area contributed by atoms with Crippen LogP contribution in [0.3, 0.4) is 0 Å². The van der Waals surface area contributed by atoms with Crippen molar-refractivity contribution in [2.75, 3.05) is 12.6 Å². The lowest BCUT2D eigenvalue weighted by molar-refractivity contribution is 0.314. The Hall–Kier alpha value is 0.440. The largest absolute Gasteiger partial charge is 0.249 e. The second-order valence-electron chi connectivity index (χ2n) is 1.34. The zero-order chi connectivity index (χ0) is 6.57. The summed E-state index contributed by atoms with van der Waals surface area (Å²) in [6.07, 6.45) is -1.43. The Balaban J connectivity index is 3.29. The van der Waals surface area contributed by atoms with Crippen molar-refractivity contribution < 1.29 is 8.78 Å². The molecule has 4 heteroatoms. The first-order valence-electron chi connectivity index (χ1n) is 2.12. The van der Waals surface area contributed by atoms with Gasteiger partial charge in [-0.05, 0) is 0 Å². The molecule has 0 radical (unpaired) electrons. The molecule has 2 unspecified atom stereocenters. The Bertz CT molecular complexity index is 52.0. The van der Waals surface area contributed by atoms with E-state index in [1.54, 1.807) is 0 Å². The predicted molar refractivity (Wildman–Crippen MR) is 31.2 cm³/mol. The first kappa shape index (κ1) is 8.44. The lowest BCUT2D eigenvalue weighted by atomic mass is 10.3. The fraction of sp³-hybridized carbons (Fsp3) is 1.00. The van der Waals surface area contributed by atoms with E-state index in [-0.39, 0.29) is 5.88 Å². The molecule has 50 valence electrons. The van der Waals surface area contributed by atoms with E-state index in [1.165, 1.54) is 0 Å². The first-order chi connectivity index (χ1) is 3.72. The summed E-state index contributed by atoms with van der Waals surface area (Å²) in [5.74, 6) is -0.238. The highest BCUT2D eigenvalue weighted by Gasteiger charge is 2.16. The molecule has 0 aliphatic heterocycles. The van der Waals surface area contributed by atoms with Crippen LogP contribution in [0.25, 0.3) is 0 Å².